The van der Waals surface area contributed by atoms with Gasteiger partial charge in [-0.25, -0.2) is 4.79 Å². The summed E-state index contributed by atoms with van der Waals surface area (Å²) in [5.41, 5.74) is 4.17. The average molecular weight is 466 g/mol. The molecule has 2 heterocycles. The maximum atomic E-state index is 12.5. The Balaban J connectivity index is 1.89. The van der Waals surface area contributed by atoms with Gasteiger partial charge in [0.05, 0.1) is 16.6 Å². The molecule has 33 heavy (non-hydrogen) atoms. The summed E-state index contributed by atoms with van der Waals surface area (Å²) in [6.45, 7) is 5.59. The lowest BCUT2D eigenvalue weighted by molar-refractivity contribution is -0.306. The molecular weight excluding hydrogens is 436 g/mol. The summed E-state index contributed by atoms with van der Waals surface area (Å²) in [7, 11) is 1.42. The lowest BCUT2D eigenvalue weighted by Crippen LogP contribution is -2.63. The molecule has 0 amide bonds. The maximum Gasteiger partial charge on any atom is 0.343 e. The van der Waals surface area contributed by atoms with Gasteiger partial charge in [0.25, 0.3) is 0 Å². The zero-order valence-corrected chi connectivity index (χ0v) is 19.0. The number of fused-ring (bicyclic) bond motifs is 1. The minimum absolute atomic E-state index is 0.00171. The van der Waals surface area contributed by atoms with Crippen LogP contribution in [0.15, 0.2) is 26.5 Å². The molecule has 0 aliphatic carbocycles. The smallest absolute Gasteiger partial charge is 0.343 e. The van der Waals surface area contributed by atoms with Crippen LogP contribution in [0.25, 0.3) is 11.0 Å². The zero-order valence-electron chi connectivity index (χ0n) is 19.0. The third-order valence-electron chi connectivity index (χ3n) is 5.53. The Labute approximate surface area is 190 Å². The van der Waals surface area contributed by atoms with Gasteiger partial charge in [-0.05, 0) is 32.9 Å². The SMILES string of the molecule is CO[C@@H]1[C@H](O)[C@@H](O)[C@H](Oc2ccc3c(O)c(CC=NOCCN)c(=O)oc3c2C)OC1(C)C. The topological polar surface area (TPSA) is 166 Å². The van der Waals surface area contributed by atoms with E-state index in [1.807, 2.05) is 0 Å². The van der Waals surface area contributed by atoms with Crippen molar-refractivity contribution < 1.29 is 38.8 Å². The number of hydrogen-bond donors (Lipinski definition) is 4. The number of aliphatic hydroxyl groups excluding tert-OH is 2. The molecule has 0 unspecified atom stereocenters. The van der Waals surface area contributed by atoms with Crippen LogP contribution in [-0.4, -0.2) is 72.0 Å². The molecule has 5 N–H and O–H groups in total. The van der Waals surface area contributed by atoms with Crippen LogP contribution in [0.4, 0.5) is 0 Å². The molecule has 1 aromatic carbocycles. The lowest BCUT2D eigenvalue weighted by Gasteiger charge is -2.46. The van der Waals surface area contributed by atoms with Crippen LogP contribution in [0.3, 0.4) is 0 Å². The summed E-state index contributed by atoms with van der Waals surface area (Å²) in [5, 5.41) is 35.5. The van der Waals surface area contributed by atoms with Crippen LogP contribution in [0.5, 0.6) is 11.5 Å². The van der Waals surface area contributed by atoms with E-state index in [1.54, 1.807) is 26.8 Å². The number of ether oxygens (including phenoxy) is 3. The van der Waals surface area contributed by atoms with Gasteiger partial charge >= 0.3 is 5.63 Å². The number of aryl methyl sites for hydroxylation is 1. The highest BCUT2D eigenvalue weighted by Gasteiger charge is 2.50. The van der Waals surface area contributed by atoms with E-state index in [0.717, 1.165) is 0 Å². The second-order valence-electron chi connectivity index (χ2n) is 8.24. The first kappa shape index (κ1) is 24.9. The zero-order chi connectivity index (χ0) is 24.3. The number of methoxy groups -OCH3 is 1. The van der Waals surface area contributed by atoms with Crippen molar-refractivity contribution >= 4 is 17.2 Å². The van der Waals surface area contributed by atoms with Gasteiger partial charge in [0, 0.05) is 31.9 Å². The van der Waals surface area contributed by atoms with Gasteiger partial charge in [0.15, 0.2) is 0 Å². The van der Waals surface area contributed by atoms with Crippen LogP contribution in [0.2, 0.25) is 0 Å². The molecule has 0 bridgehead atoms. The molecule has 1 saturated heterocycles. The van der Waals surface area contributed by atoms with Crippen LogP contribution >= 0.6 is 0 Å². The Morgan fingerprint density at radius 2 is 2.00 bits per heavy atom. The largest absolute Gasteiger partial charge is 0.507 e. The highest BCUT2D eigenvalue weighted by atomic mass is 16.7. The van der Waals surface area contributed by atoms with Crippen LogP contribution in [0, 0.1) is 6.92 Å². The summed E-state index contributed by atoms with van der Waals surface area (Å²) in [6, 6.07) is 3.08. The van der Waals surface area contributed by atoms with Gasteiger partial charge in [-0.3, -0.25) is 0 Å². The molecule has 0 radical (unpaired) electrons. The molecule has 4 atom stereocenters. The molecule has 3 rings (SSSR count). The van der Waals surface area contributed by atoms with E-state index in [2.05, 4.69) is 5.16 Å². The van der Waals surface area contributed by atoms with Crippen molar-refractivity contribution in [1.29, 1.82) is 0 Å². The van der Waals surface area contributed by atoms with Crippen LogP contribution < -0.4 is 16.1 Å². The average Bonchev–Trinajstić information content (AvgIpc) is 2.76. The highest BCUT2D eigenvalue weighted by Crippen LogP contribution is 2.36. The molecule has 11 heteroatoms. The molecule has 1 aliphatic heterocycles. The third-order valence-corrected chi connectivity index (χ3v) is 5.53. The summed E-state index contributed by atoms with van der Waals surface area (Å²) in [4.78, 5) is 17.4. The third kappa shape index (κ3) is 4.97. The van der Waals surface area contributed by atoms with Gasteiger partial charge in [0.2, 0.25) is 6.29 Å². The Morgan fingerprint density at radius 1 is 1.27 bits per heavy atom. The highest BCUT2D eigenvalue weighted by molar-refractivity contribution is 5.88. The van der Waals surface area contributed by atoms with Gasteiger partial charge in [-0.1, -0.05) is 5.16 Å². The molecule has 2 aromatic rings. The van der Waals surface area contributed by atoms with Gasteiger partial charge in [0.1, 0.15) is 42.0 Å². The molecule has 0 spiro atoms. The predicted molar refractivity (Wildman–Crippen MR) is 118 cm³/mol. The molecule has 1 aromatic heterocycles. The quantitative estimate of drug-likeness (QED) is 0.187. The van der Waals surface area contributed by atoms with E-state index < -0.39 is 35.8 Å². The Bertz CT molecular complexity index is 1070. The number of rotatable bonds is 8. The number of aliphatic hydroxyl groups is 2. The fourth-order valence-electron chi connectivity index (χ4n) is 3.83. The summed E-state index contributed by atoms with van der Waals surface area (Å²) in [6.07, 6.45) is -3.27. The standard InChI is InChI=1S/C22H30N2O9/c1-11-14(31-21-17(27)16(26)19(29-4)22(2,3)33-21)6-5-12-15(25)13(20(28)32-18(11)12)7-9-24-30-10-8-23/h5-6,9,16-17,19,21,25-27H,7-8,10,23H2,1-4H3/t16-,17-,19-,21-/m1/s1. The van der Waals surface area contributed by atoms with Crippen molar-refractivity contribution in [3.8, 4) is 11.5 Å². The van der Waals surface area contributed by atoms with Gasteiger partial charge in [-0.2, -0.15) is 0 Å². The number of aromatic hydroxyl groups is 1. The van der Waals surface area contributed by atoms with Gasteiger partial charge in [-0.15, -0.1) is 0 Å². The van der Waals surface area contributed by atoms with E-state index in [-0.39, 0.29) is 35.7 Å². The minimum atomic E-state index is -1.39. The molecule has 1 aliphatic rings. The molecule has 11 nitrogen and oxygen atoms in total. The number of hydrogen-bond acceptors (Lipinski definition) is 11. The van der Waals surface area contributed by atoms with Crippen LogP contribution in [0.1, 0.15) is 25.0 Å². The first-order chi connectivity index (χ1) is 15.6. The fourth-order valence-corrected chi connectivity index (χ4v) is 3.83. The molecular formula is C22H30N2O9. The van der Waals surface area contributed by atoms with E-state index >= 15 is 0 Å². The predicted octanol–water partition coefficient (Wildman–Crippen LogP) is 0.561. The summed E-state index contributed by atoms with van der Waals surface area (Å²) in [5.74, 6) is 0.00656. The number of nitrogens with zero attached hydrogens (tertiary/aromatic N) is 1. The van der Waals surface area contributed by atoms with E-state index in [9.17, 15) is 20.1 Å². The Hall–Kier alpha value is -2.70. The molecule has 0 saturated carbocycles. The number of benzene rings is 1. The first-order valence-electron chi connectivity index (χ1n) is 10.5. The second kappa shape index (κ2) is 10.1. The normalized spacial score (nSPS) is 24.9. The van der Waals surface area contributed by atoms with Crippen molar-refractivity contribution in [2.45, 2.75) is 57.4 Å². The van der Waals surface area contributed by atoms with Gasteiger partial charge < -0.3 is 44.5 Å². The number of oxime groups is 1. The van der Waals surface area contributed by atoms with Crippen molar-refractivity contribution in [2.24, 2.45) is 10.9 Å². The monoisotopic (exact) mass is 466 g/mol. The fraction of sp³-hybridized carbons (Fsp3) is 0.545. The first-order valence-corrected chi connectivity index (χ1v) is 10.5. The number of nitrogens with two attached hydrogens (primary N) is 1. The van der Waals surface area contributed by atoms with E-state index in [1.165, 1.54) is 19.4 Å². The van der Waals surface area contributed by atoms with Crippen LogP contribution in [-0.2, 0) is 20.7 Å². The maximum absolute atomic E-state index is 12.5. The molecule has 1 fully saturated rings. The minimum Gasteiger partial charge on any atom is -0.507 e. The lowest BCUT2D eigenvalue weighted by atomic mass is 9.89. The van der Waals surface area contributed by atoms with Crippen molar-refractivity contribution in [3.63, 3.8) is 0 Å². The summed E-state index contributed by atoms with van der Waals surface area (Å²) >= 11 is 0. The van der Waals surface area contributed by atoms with Crippen molar-refractivity contribution in [2.75, 3.05) is 20.3 Å². The second-order valence-corrected chi connectivity index (χ2v) is 8.24. The summed E-state index contributed by atoms with van der Waals surface area (Å²) < 4.78 is 22.4. The Morgan fingerprint density at radius 3 is 2.67 bits per heavy atom. The molecule has 182 valence electrons. The van der Waals surface area contributed by atoms with Crippen molar-refractivity contribution in [1.82, 2.24) is 0 Å². The van der Waals surface area contributed by atoms with E-state index in [0.29, 0.717) is 17.5 Å². The van der Waals surface area contributed by atoms with E-state index in [4.69, 9.17) is 29.2 Å². The van der Waals surface area contributed by atoms with Crippen molar-refractivity contribution in [3.05, 3.63) is 33.7 Å². The Kier molecular flexibility index (Phi) is 7.60.